The third-order valence-electron chi connectivity index (χ3n) is 14.1. The number of unbranched alkanes of at least 4 members (excludes halogenated alkanes) is 1. The van der Waals surface area contributed by atoms with Crippen LogP contribution in [-0.4, -0.2) is 0 Å². The summed E-state index contributed by atoms with van der Waals surface area (Å²) in [6.07, 6.45) is 25.1. The number of benzene rings is 5. The van der Waals surface area contributed by atoms with Gasteiger partial charge in [0.05, 0.1) is 0 Å². The first-order valence-electron chi connectivity index (χ1n) is 23.7. The van der Waals surface area contributed by atoms with Gasteiger partial charge in [0.15, 0.2) is 0 Å². The van der Waals surface area contributed by atoms with Crippen LogP contribution < -0.4 is 0 Å². The summed E-state index contributed by atoms with van der Waals surface area (Å²) in [6.45, 7) is 35.0. The molecule has 0 heteroatoms. The molecule has 0 unspecified atom stereocenters. The van der Waals surface area contributed by atoms with Crippen LogP contribution in [0.25, 0.3) is 44.5 Å². The molecule has 0 bridgehead atoms. The molecule has 0 saturated heterocycles. The standard InChI is InChI=1S/C59H58.C4H10.C2H4/c1-11-13-14-15-22-39(3)35-53-47(21-12-2)50-33-30-43(37-55(50)59(53,9)10)42-29-32-49-45(40(4)57(5,6)54(49)36-42)27-20-24-41-23-16-17-25-46(41)44-31-34-51-48-26-18-19-28-52(48)58(7,8)56(51)38-44;1-3-4-2;1-2/h11-23,25-38H,1,24H2,2-10H3;3-4H2,1-2H3;1-2H2/b14-13-,21-12-,22-15+,27-20-,39-35+;;. The molecule has 332 valence electrons. The first-order chi connectivity index (χ1) is 31.2. The van der Waals surface area contributed by atoms with Crippen molar-refractivity contribution in [2.45, 2.75) is 112 Å². The van der Waals surface area contributed by atoms with Gasteiger partial charge in [0.2, 0.25) is 0 Å². The van der Waals surface area contributed by atoms with E-state index in [1.54, 1.807) is 6.08 Å². The van der Waals surface area contributed by atoms with Crippen molar-refractivity contribution in [1.82, 2.24) is 0 Å². The normalized spacial score (nSPS) is 16.4. The lowest BCUT2D eigenvalue weighted by Crippen LogP contribution is -2.16. The van der Waals surface area contributed by atoms with Crippen LogP contribution >= 0.6 is 0 Å². The molecule has 3 aliphatic carbocycles. The van der Waals surface area contributed by atoms with E-state index in [0.29, 0.717) is 0 Å². The Bertz CT molecular complexity index is 2790. The minimum absolute atomic E-state index is 0.0190. The van der Waals surface area contributed by atoms with Gasteiger partial charge in [-0.2, -0.15) is 0 Å². The number of fused-ring (bicyclic) bond motifs is 5. The molecule has 0 N–H and O–H groups in total. The highest BCUT2D eigenvalue weighted by molar-refractivity contribution is 5.91. The Morgan fingerprint density at radius 2 is 1.09 bits per heavy atom. The van der Waals surface area contributed by atoms with Crippen molar-refractivity contribution in [1.29, 1.82) is 0 Å². The molecule has 0 amide bonds. The Morgan fingerprint density at radius 3 is 1.74 bits per heavy atom. The minimum atomic E-state index is -0.139. The van der Waals surface area contributed by atoms with Gasteiger partial charge in [0.25, 0.3) is 0 Å². The summed E-state index contributed by atoms with van der Waals surface area (Å²) in [5, 5.41) is 0. The van der Waals surface area contributed by atoms with E-state index in [0.717, 1.165) is 6.42 Å². The molecule has 5 aromatic carbocycles. The molecular weight excluding hydrogens is 781 g/mol. The molecule has 65 heavy (non-hydrogen) atoms. The van der Waals surface area contributed by atoms with Crippen molar-refractivity contribution in [3.63, 3.8) is 0 Å². The Labute approximate surface area is 393 Å². The Hall–Kier alpha value is -6.24. The average molecular weight is 853 g/mol. The maximum absolute atomic E-state index is 3.78. The molecule has 8 rings (SSSR count). The van der Waals surface area contributed by atoms with E-state index in [1.165, 1.54) is 113 Å². The maximum Gasteiger partial charge on any atom is 0.0159 e. The molecule has 0 saturated carbocycles. The van der Waals surface area contributed by atoms with Gasteiger partial charge in [-0.15, -0.1) is 13.2 Å². The van der Waals surface area contributed by atoms with Crippen molar-refractivity contribution < 1.29 is 0 Å². The van der Waals surface area contributed by atoms with E-state index in [1.807, 2.05) is 12.2 Å². The van der Waals surface area contributed by atoms with Crippen LogP contribution in [0.2, 0.25) is 0 Å². The Morgan fingerprint density at radius 1 is 0.554 bits per heavy atom. The van der Waals surface area contributed by atoms with Crippen LogP contribution in [0.1, 0.15) is 128 Å². The summed E-state index contributed by atoms with van der Waals surface area (Å²) < 4.78 is 0. The highest BCUT2D eigenvalue weighted by atomic mass is 14.4. The summed E-state index contributed by atoms with van der Waals surface area (Å²) in [4.78, 5) is 0. The average Bonchev–Trinajstić information content (AvgIpc) is 3.76. The van der Waals surface area contributed by atoms with Crippen molar-refractivity contribution in [2.24, 2.45) is 0 Å². The molecule has 0 heterocycles. The highest BCUT2D eigenvalue weighted by Gasteiger charge is 2.38. The van der Waals surface area contributed by atoms with Gasteiger partial charge in [-0.1, -0.05) is 232 Å². The van der Waals surface area contributed by atoms with Crippen molar-refractivity contribution in [2.75, 3.05) is 0 Å². The quantitative estimate of drug-likeness (QED) is 0.0917. The van der Waals surface area contributed by atoms with Crippen LogP contribution in [0, 0.1) is 0 Å². The SMILES string of the molecule is C=C.C=C\C=C/C=C/C(C)=C/C1=C(/C=C\C)c2ccc(-c3ccc4c(c3)C(C)(C)C(C)=C4/C=C\Cc3ccccc3-c3ccc4c(c3)C(C)(C)c3ccccc3-4)cc2C1(C)C.CCCC. The predicted octanol–water partition coefficient (Wildman–Crippen LogP) is 18.7. The zero-order valence-corrected chi connectivity index (χ0v) is 41.3. The number of hydrogen-bond donors (Lipinski definition) is 0. The second-order valence-electron chi connectivity index (χ2n) is 19.2. The topological polar surface area (TPSA) is 0 Å². The highest BCUT2D eigenvalue weighted by Crippen LogP contribution is 2.52. The summed E-state index contributed by atoms with van der Waals surface area (Å²) in [5.74, 6) is 0. The molecule has 3 aliphatic rings. The zero-order valence-electron chi connectivity index (χ0n) is 41.3. The molecule has 0 aromatic heterocycles. The number of hydrogen-bond acceptors (Lipinski definition) is 0. The predicted molar refractivity (Wildman–Crippen MR) is 289 cm³/mol. The molecule has 0 spiro atoms. The Kier molecular flexibility index (Phi) is 15.1. The van der Waals surface area contributed by atoms with E-state index in [2.05, 4.69) is 242 Å². The lowest BCUT2D eigenvalue weighted by atomic mass is 9.79. The van der Waals surface area contributed by atoms with Gasteiger partial charge in [-0.3, -0.25) is 0 Å². The van der Waals surface area contributed by atoms with Crippen molar-refractivity contribution >= 4 is 11.1 Å². The third kappa shape index (κ3) is 9.33. The van der Waals surface area contributed by atoms with Crippen molar-refractivity contribution in [3.05, 3.63) is 239 Å². The van der Waals surface area contributed by atoms with Gasteiger partial charge in [-0.05, 0) is 134 Å². The molecule has 0 atom stereocenters. The lowest BCUT2D eigenvalue weighted by molar-refractivity contribution is 0.639. The van der Waals surface area contributed by atoms with E-state index >= 15 is 0 Å². The molecular formula is C65H72. The molecule has 0 nitrogen and oxygen atoms in total. The van der Waals surface area contributed by atoms with E-state index in [9.17, 15) is 0 Å². The first-order valence-corrected chi connectivity index (χ1v) is 23.7. The van der Waals surface area contributed by atoms with E-state index < -0.39 is 0 Å². The number of allylic oxidation sites excluding steroid dienone is 15. The molecule has 0 radical (unpaired) electrons. The van der Waals surface area contributed by atoms with E-state index in [-0.39, 0.29) is 16.2 Å². The summed E-state index contributed by atoms with van der Waals surface area (Å²) in [6, 6.07) is 39.2. The van der Waals surface area contributed by atoms with Gasteiger partial charge >= 0.3 is 0 Å². The van der Waals surface area contributed by atoms with Crippen LogP contribution in [0.5, 0.6) is 0 Å². The van der Waals surface area contributed by atoms with Gasteiger partial charge < -0.3 is 0 Å². The summed E-state index contributed by atoms with van der Waals surface area (Å²) >= 11 is 0. The largest absolute Gasteiger partial charge is 0.106 e. The molecule has 0 fully saturated rings. The summed E-state index contributed by atoms with van der Waals surface area (Å²) in [5.41, 5.74) is 23.9. The lowest BCUT2D eigenvalue weighted by Gasteiger charge is -2.25. The van der Waals surface area contributed by atoms with Crippen LogP contribution in [0.3, 0.4) is 0 Å². The molecule has 5 aromatic rings. The van der Waals surface area contributed by atoms with Gasteiger partial charge in [-0.25, -0.2) is 0 Å². The van der Waals surface area contributed by atoms with E-state index in [4.69, 9.17) is 0 Å². The minimum Gasteiger partial charge on any atom is -0.106 e. The fraction of sp³-hybridized carbons (Fsp3) is 0.262. The Balaban J connectivity index is 0.00000111. The second-order valence-corrected chi connectivity index (χ2v) is 19.2. The van der Waals surface area contributed by atoms with Gasteiger partial charge in [0, 0.05) is 16.2 Å². The smallest absolute Gasteiger partial charge is 0.0159 e. The van der Waals surface area contributed by atoms with Gasteiger partial charge in [0.1, 0.15) is 0 Å². The number of rotatable bonds is 11. The van der Waals surface area contributed by atoms with Crippen molar-refractivity contribution in [3.8, 4) is 33.4 Å². The van der Waals surface area contributed by atoms with Crippen LogP contribution in [0.4, 0.5) is 0 Å². The fourth-order valence-corrected chi connectivity index (χ4v) is 9.92. The first kappa shape index (κ1) is 48.2. The van der Waals surface area contributed by atoms with Crippen LogP contribution in [0.15, 0.2) is 200 Å². The fourth-order valence-electron chi connectivity index (χ4n) is 9.92. The maximum atomic E-state index is 3.78. The summed E-state index contributed by atoms with van der Waals surface area (Å²) in [7, 11) is 0. The second kappa shape index (κ2) is 20.3. The zero-order chi connectivity index (χ0) is 47.1. The third-order valence-corrected chi connectivity index (χ3v) is 14.1. The monoisotopic (exact) mass is 853 g/mol. The van der Waals surface area contributed by atoms with Crippen LogP contribution in [-0.2, 0) is 22.7 Å². The molecule has 0 aliphatic heterocycles.